The topological polar surface area (TPSA) is 92.9 Å². The van der Waals surface area contributed by atoms with Crippen molar-refractivity contribution >= 4 is 11.7 Å². The SMILES string of the molecule is Cc1cc(C(=O)NCc2cnccc2C)cc(NN)n1. The first-order valence-corrected chi connectivity index (χ1v) is 6.23. The maximum absolute atomic E-state index is 12.1. The Hall–Kier alpha value is -2.47. The zero-order valence-corrected chi connectivity index (χ0v) is 11.5. The summed E-state index contributed by atoms with van der Waals surface area (Å²) in [7, 11) is 0. The van der Waals surface area contributed by atoms with E-state index in [0.29, 0.717) is 17.9 Å². The fraction of sp³-hybridized carbons (Fsp3) is 0.214. The smallest absolute Gasteiger partial charge is 0.251 e. The van der Waals surface area contributed by atoms with Gasteiger partial charge in [-0.1, -0.05) is 0 Å². The molecule has 0 aliphatic heterocycles. The highest BCUT2D eigenvalue weighted by molar-refractivity contribution is 5.94. The number of aryl methyl sites for hydroxylation is 2. The minimum absolute atomic E-state index is 0.171. The predicted octanol–water partition coefficient (Wildman–Crippen LogP) is 1.31. The van der Waals surface area contributed by atoms with E-state index in [4.69, 9.17) is 5.84 Å². The summed E-state index contributed by atoms with van der Waals surface area (Å²) in [6, 6.07) is 5.24. The van der Waals surface area contributed by atoms with Gasteiger partial charge in [-0.05, 0) is 43.2 Å². The van der Waals surface area contributed by atoms with Crippen LogP contribution in [-0.2, 0) is 6.54 Å². The van der Waals surface area contributed by atoms with Crippen LogP contribution in [0.15, 0.2) is 30.6 Å². The van der Waals surface area contributed by atoms with Gasteiger partial charge in [-0.2, -0.15) is 0 Å². The molecule has 2 aromatic heterocycles. The number of carbonyl (C=O) groups is 1. The first-order chi connectivity index (χ1) is 9.60. The predicted molar refractivity (Wildman–Crippen MR) is 76.9 cm³/mol. The van der Waals surface area contributed by atoms with Crippen LogP contribution >= 0.6 is 0 Å². The third kappa shape index (κ3) is 3.30. The Bertz CT molecular complexity index is 627. The molecule has 0 unspecified atom stereocenters. The number of pyridine rings is 2. The molecule has 6 heteroatoms. The van der Waals surface area contributed by atoms with Gasteiger partial charge >= 0.3 is 0 Å². The Morgan fingerprint density at radius 3 is 2.85 bits per heavy atom. The van der Waals surface area contributed by atoms with E-state index in [1.165, 1.54) is 0 Å². The van der Waals surface area contributed by atoms with E-state index < -0.39 is 0 Å². The van der Waals surface area contributed by atoms with Crippen molar-refractivity contribution in [3.05, 3.63) is 53.0 Å². The van der Waals surface area contributed by atoms with E-state index in [0.717, 1.165) is 16.8 Å². The van der Waals surface area contributed by atoms with Gasteiger partial charge in [-0.15, -0.1) is 0 Å². The van der Waals surface area contributed by atoms with Crippen molar-refractivity contribution in [3.8, 4) is 0 Å². The molecule has 0 aromatic carbocycles. The average Bonchev–Trinajstić information content (AvgIpc) is 2.45. The van der Waals surface area contributed by atoms with Crippen LogP contribution in [0.2, 0.25) is 0 Å². The summed E-state index contributed by atoms with van der Waals surface area (Å²) in [6.07, 6.45) is 3.48. The Morgan fingerprint density at radius 2 is 2.15 bits per heavy atom. The highest BCUT2D eigenvalue weighted by atomic mass is 16.1. The summed E-state index contributed by atoms with van der Waals surface area (Å²) in [5.74, 6) is 5.61. The number of hydrogen-bond acceptors (Lipinski definition) is 5. The van der Waals surface area contributed by atoms with E-state index in [-0.39, 0.29) is 5.91 Å². The van der Waals surface area contributed by atoms with Crippen molar-refractivity contribution in [2.24, 2.45) is 5.84 Å². The van der Waals surface area contributed by atoms with Crippen LogP contribution in [0.1, 0.15) is 27.2 Å². The number of carbonyl (C=O) groups excluding carboxylic acids is 1. The quantitative estimate of drug-likeness (QED) is 0.576. The molecule has 0 aliphatic carbocycles. The molecule has 1 amide bonds. The van der Waals surface area contributed by atoms with Gasteiger partial charge in [0.05, 0.1) is 0 Å². The lowest BCUT2D eigenvalue weighted by Gasteiger charge is -2.09. The summed E-state index contributed by atoms with van der Waals surface area (Å²) >= 11 is 0. The van der Waals surface area contributed by atoms with E-state index in [9.17, 15) is 4.79 Å². The number of amides is 1. The fourth-order valence-electron chi connectivity index (χ4n) is 1.83. The summed E-state index contributed by atoms with van der Waals surface area (Å²) in [5.41, 5.74) is 5.77. The van der Waals surface area contributed by atoms with Crippen molar-refractivity contribution in [2.45, 2.75) is 20.4 Å². The van der Waals surface area contributed by atoms with Crippen LogP contribution in [0, 0.1) is 13.8 Å². The van der Waals surface area contributed by atoms with Gasteiger partial charge in [0.2, 0.25) is 0 Å². The van der Waals surface area contributed by atoms with Crippen molar-refractivity contribution in [3.63, 3.8) is 0 Å². The molecule has 0 radical (unpaired) electrons. The number of rotatable bonds is 4. The highest BCUT2D eigenvalue weighted by Gasteiger charge is 2.08. The van der Waals surface area contributed by atoms with Gasteiger partial charge in [0.25, 0.3) is 5.91 Å². The molecule has 0 fully saturated rings. The number of aromatic nitrogens is 2. The third-order valence-corrected chi connectivity index (χ3v) is 2.95. The second-order valence-electron chi connectivity index (χ2n) is 4.51. The van der Waals surface area contributed by atoms with E-state index in [1.807, 2.05) is 19.9 Å². The number of nitrogens with one attached hydrogen (secondary N) is 2. The highest BCUT2D eigenvalue weighted by Crippen LogP contribution is 2.10. The lowest BCUT2D eigenvalue weighted by Crippen LogP contribution is -2.24. The number of nitrogens with zero attached hydrogens (tertiary/aromatic N) is 2. The fourth-order valence-corrected chi connectivity index (χ4v) is 1.83. The standard InChI is InChI=1S/C14H17N5O/c1-9-3-4-16-7-12(9)8-17-14(20)11-5-10(2)18-13(6-11)19-15/h3-7H,8,15H2,1-2H3,(H,17,20)(H,18,19). The van der Waals surface area contributed by atoms with Crippen molar-refractivity contribution in [1.82, 2.24) is 15.3 Å². The van der Waals surface area contributed by atoms with Gasteiger partial charge in [0.1, 0.15) is 5.82 Å². The summed E-state index contributed by atoms with van der Waals surface area (Å²) in [5, 5.41) is 2.86. The number of anilines is 1. The van der Waals surface area contributed by atoms with Crippen LogP contribution in [-0.4, -0.2) is 15.9 Å². The molecular weight excluding hydrogens is 254 g/mol. The molecule has 0 atom stereocenters. The maximum Gasteiger partial charge on any atom is 0.251 e. The van der Waals surface area contributed by atoms with Crippen molar-refractivity contribution in [1.29, 1.82) is 0 Å². The number of hydrogen-bond donors (Lipinski definition) is 3. The molecule has 20 heavy (non-hydrogen) atoms. The molecule has 2 rings (SSSR count). The number of hydrazine groups is 1. The molecule has 2 heterocycles. The molecule has 0 aliphatic rings. The third-order valence-electron chi connectivity index (χ3n) is 2.95. The molecule has 0 spiro atoms. The van der Waals surface area contributed by atoms with E-state index in [2.05, 4.69) is 20.7 Å². The van der Waals surface area contributed by atoms with Crippen molar-refractivity contribution < 1.29 is 4.79 Å². The lowest BCUT2D eigenvalue weighted by molar-refractivity contribution is 0.0950. The van der Waals surface area contributed by atoms with Gasteiger partial charge < -0.3 is 10.7 Å². The monoisotopic (exact) mass is 271 g/mol. The summed E-state index contributed by atoms with van der Waals surface area (Å²) < 4.78 is 0. The Morgan fingerprint density at radius 1 is 1.35 bits per heavy atom. The molecule has 0 saturated carbocycles. The first-order valence-electron chi connectivity index (χ1n) is 6.23. The van der Waals surface area contributed by atoms with Crippen LogP contribution in [0.5, 0.6) is 0 Å². The molecule has 0 bridgehead atoms. The van der Waals surface area contributed by atoms with Gasteiger partial charge in [-0.3, -0.25) is 9.78 Å². The normalized spacial score (nSPS) is 10.2. The average molecular weight is 271 g/mol. The second kappa shape index (κ2) is 6.12. The maximum atomic E-state index is 12.1. The van der Waals surface area contributed by atoms with Gasteiger partial charge in [0.15, 0.2) is 0 Å². The summed E-state index contributed by atoms with van der Waals surface area (Å²) in [6.45, 7) is 4.23. The van der Waals surface area contributed by atoms with E-state index >= 15 is 0 Å². The zero-order valence-electron chi connectivity index (χ0n) is 11.5. The Labute approximate surface area is 117 Å². The van der Waals surface area contributed by atoms with Crippen molar-refractivity contribution in [2.75, 3.05) is 5.43 Å². The Balaban J connectivity index is 2.09. The largest absolute Gasteiger partial charge is 0.348 e. The number of nitrogens with two attached hydrogens (primary N) is 1. The molecule has 4 N–H and O–H groups in total. The minimum atomic E-state index is -0.171. The lowest BCUT2D eigenvalue weighted by atomic mass is 10.1. The van der Waals surface area contributed by atoms with E-state index in [1.54, 1.807) is 24.5 Å². The zero-order chi connectivity index (χ0) is 14.5. The molecular formula is C14H17N5O. The molecule has 0 saturated heterocycles. The van der Waals surface area contributed by atoms with Crippen LogP contribution in [0.4, 0.5) is 5.82 Å². The van der Waals surface area contributed by atoms with Crippen LogP contribution < -0.4 is 16.6 Å². The summed E-state index contributed by atoms with van der Waals surface area (Å²) in [4.78, 5) is 20.3. The Kier molecular flexibility index (Phi) is 4.27. The van der Waals surface area contributed by atoms with Gasteiger partial charge in [0, 0.05) is 30.2 Å². The number of nitrogen functional groups attached to an aromatic ring is 1. The molecule has 104 valence electrons. The van der Waals surface area contributed by atoms with Crippen LogP contribution in [0.25, 0.3) is 0 Å². The molecule has 6 nitrogen and oxygen atoms in total. The van der Waals surface area contributed by atoms with Gasteiger partial charge in [-0.25, -0.2) is 10.8 Å². The van der Waals surface area contributed by atoms with Crippen LogP contribution in [0.3, 0.4) is 0 Å². The second-order valence-corrected chi connectivity index (χ2v) is 4.51. The molecule has 2 aromatic rings. The first kappa shape index (κ1) is 14.0. The minimum Gasteiger partial charge on any atom is -0.348 e.